The van der Waals surface area contributed by atoms with E-state index >= 15 is 0 Å². The van der Waals surface area contributed by atoms with Crippen LogP contribution in [0.3, 0.4) is 0 Å². The third-order valence-corrected chi connectivity index (χ3v) is 6.42. The Labute approximate surface area is 160 Å². The molecule has 6 heteroatoms. The van der Waals surface area contributed by atoms with E-state index in [1.165, 1.54) is 12.8 Å². The Morgan fingerprint density at radius 3 is 2.44 bits per heavy atom. The highest BCUT2D eigenvalue weighted by Crippen LogP contribution is 2.35. The Morgan fingerprint density at radius 2 is 1.78 bits per heavy atom. The molecule has 1 aromatic heterocycles. The average molecular weight is 370 g/mol. The molecular weight excluding hydrogens is 340 g/mol. The van der Waals surface area contributed by atoms with E-state index in [4.69, 9.17) is 0 Å². The van der Waals surface area contributed by atoms with Crippen molar-refractivity contribution in [2.75, 3.05) is 6.54 Å². The van der Waals surface area contributed by atoms with Gasteiger partial charge in [0.25, 0.3) is 0 Å². The van der Waals surface area contributed by atoms with Crippen molar-refractivity contribution in [3.63, 3.8) is 0 Å². The normalized spacial score (nSPS) is 25.2. The molecule has 2 aromatic rings. The summed E-state index contributed by atoms with van der Waals surface area (Å²) in [6, 6.07) is 9.50. The molecule has 146 valence electrons. The van der Waals surface area contributed by atoms with E-state index in [2.05, 4.69) is 10.2 Å². The molecule has 1 amide bonds. The largest absolute Gasteiger partial charge is 0.353 e. The lowest BCUT2D eigenvalue weighted by atomic mass is 9.97. The van der Waals surface area contributed by atoms with Crippen LogP contribution in [-0.4, -0.2) is 44.6 Å². The molecule has 4 rings (SSSR count). The van der Waals surface area contributed by atoms with Crippen LogP contribution < -0.4 is 11.0 Å². The molecule has 0 spiro atoms. The van der Waals surface area contributed by atoms with Crippen LogP contribution in [0.2, 0.25) is 0 Å². The van der Waals surface area contributed by atoms with E-state index in [9.17, 15) is 9.59 Å². The summed E-state index contributed by atoms with van der Waals surface area (Å²) in [5.74, 6) is 0.170. The highest BCUT2D eigenvalue weighted by atomic mass is 16.2. The number of hydrogen-bond donors (Lipinski definition) is 1. The number of piperidine rings is 1. The number of fused-ring (bicyclic) bond motifs is 3. The Morgan fingerprint density at radius 1 is 1.11 bits per heavy atom. The van der Waals surface area contributed by atoms with Crippen molar-refractivity contribution in [1.29, 1.82) is 0 Å². The first-order valence-corrected chi connectivity index (χ1v) is 10.3. The minimum absolute atomic E-state index is 0.0696. The molecule has 2 saturated heterocycles. The SMILES string of the molecule is CCC(=O)NC1C[C@@H]2CC[C@@H](C1)N2CCCn1c(=O)n(C)c2ccccc21. The highest BCUT2D eigenvalue weighted by molar-refractivity contribution is 5.76. The van der Waals surface area contributed by atoms with Gasteiger partial charge in [-0.2, -0.15) is 0 Å². The predicted molar refractivity (Wildman–Crippen MR) is 107 cm³/mol. The molecule has 2 aliphatic rings. The number of carbonyl (C=O) groups excluding carboxylic acids is 1. The number of carbonyl (C=O) groups is 1. The summed E-state index contributed by atoms with van der Waals surface area (Å²) in [4.78, 5) is 26.9. The average Bonchev–Trinajstić information content (AvgIpc) is 3.06. The van der Waals surface area contributed by atoms with E-state index in [0.717, 1.165) is 43.4 Å². The van der Waals surface area contributed by atoms with Crippen molar-refractivity contribution in [2.24, 2.45) is 7.05 Å². The number of para-hydroxylation sites is 2. The minimum atomic E-state index is 0.0696. The first-order chi connectivity index (χ1) is 13.1. The number of rotatable bonds is 6. The zero-order valence-electron chi connectivity index (χ0n) is 16.4. The number of nitrogens with one attached hydrogen (secondary N) is 1. The quantitative estimate of drug-likeness (QED) is 0.848. The van der Waals surface area contributed by atoms with E-state index in [0.29, 0.717) is 24.5 Å². The number of aromatic nitrogens is 2. The number of amides is 1. The number of imidazole rings is 1. The van der Waals surface area contributed by atoms with Gasteiger partial charge >= 0.3 is 5.69 Å². The first-order valence-electron chi connectivity index (χ1n) is 10.3. The monoisotopic (exact) mass is 370 g/mol. The van der Waals surface area contributed by atoms with Crippen molar-refractivity contribution >= 4 is 16.9 Å². The van der Waals surface area contributed by atoms with Gasteiger partial charge in [-0.3, -0.25) is 18.8 Å². The second-order valence-corrected chi connectivity index (χ2v) is 8.05. The molecule has 2 atom stereocenters. The van der Waals surface area contributed by atoms with Crippen molar-refractivity contribution in [3.8, 4) is 0 Å². The summed E-state index contributed by atoms with van der Waals surface area (Å²) < 4.78 is 3.65. The van der Waals surface area contributed by atoms with Gasteiger partial charge in [-0.1, -0.05) is 19.1 Å². The summed E-state index contributed by atoms with van der Waals surface area (Å²) in [6.07, 6.45) is 6.14. The number of aryl methyl sites for hydroxylation is 2. The van der Waals surface area contributed by atoms with Crippen LogP contribution in [0.25, 0.3) is 11.0 Å². The maximum Gasteiger partial charge on any atom is 0.328 e. The topological polar surface area (TPSA) is 59.3 Å². The van der Waals surface area contributed by atoms with Gasteiger partial charge in [-0.15, -0.1) is 0 Å². The summed E-state index contributed by atoms with van der Waals surface area (Å²) in [5.41, 5.74) is 2.09. The maximum atomic E-state index is 12.6. The molecule has 3 heterocycles. The van der Waals surface area contributed by atoms with Gasteiger partial charge < -0.3 is 5.32 Å². The van der Waals surface area contributed by atoms with Gasteiger partial charge in [-0.25, -0.2) is 4.79 Å². The second kappa shape index (κ2) is 7.50. The Balaban J connectivity index is 1.38. The molecule has 2 fully saturated rings. The molecule has 0 saturated carbocycles. The minimum Gasteiger partial charge on any atom is -0.353 e. The molecule has 2 aliphatic heterocycles. The number of nitrogens with zero attached hydrogens (tertiary/aromatic N) is 3. The summed E-state index contributed by atoms with van der Waals surface area (Å²) in [7, 11) is 1.84. The van der Waals surface area contributed by atoms with E-state index < -0.39 is 0 Å². The highest BCUT2D eigenvalue weighted by Gasteiger charge is 2.40. The van der Waals surface area contributed by atoms with Crippen LogP contribution >= 0.6 is 0 Å². The third-order valence-electron chi connectivity index (χ3n) is 6.42. The van der Waals surface area contributed by atoms with E-state index in [-0.39, 0.29) is 11.6 Å². The fourth-order valence-electron chi connectivity index (χ4n) is 5.08. The lowest BCUT2D eigenvalue weighted by Crippen LogP contribution is -2.50. The molecule has 0 unspecified atom stereocenters. The van der Waals surface area contributed by atoms with Crippen LogP contribution in [0.1, 0.15) is 45.4 Å². The Bertz CT molecular complexity index is 870. The van der Waals surface area contributed by atoms with Crippen LogP contribution in [0.15, 0.2) is 29.1 Å². The summed E-state index contributed by atoms with van der Waals surface area (Å²) in [5, 5.41) is 3.19. The molecule has 1 aromatic carbocycles. The van der Waals surface area contributed by atoms with Crippen molar-refractivity contribution in [1.82, 2.24) is 19.4 Å². The van der Waals surface area contributed by atoms with Gasteiger partial charge in [0.1, 0.15) is 0 Å². The lowest BCUT2D eigenvalue weighted by molar-refractivity contribution is -0.122. The number of benzene rings is 1. The van der Waals surface area contributed by atoms with Crippen LogP contribution in [-0.2, 0) is 18.4 Å². The Hall–Kier alpha value is -2.08. The van der Waals surface area contributed by atoms with Crippen LogP contribution in [0.4, 0.5) is 0 Å². The molecule has 0 aliphatic carbocycles. The van der Waals surface area contributed by atoms with Crippen molar-refractivity contribution < 1.29 is 4.79 Å². The summed E-state index contributed by atoms with van der Waals surface area (Å²) >= 11 is 0. The molecule has 1 N–H and O–H groups in total. The lowest BCUT2D eigenvalue weighted by Gasteiger charge is -2.39. The van der Waals surface area contributed by atoms with E-state index in [1.807, 2.05) is 42.8 Å². The smallest absolute Gasteiger partial charge is 0.328 e. The molecule has 27 heavy (non-hydrogen) atoms. The first kappa shape index (κ1) is 18.3. The zero-order chi connectivity index (χ0) is 19.0. The van der Waals surface area contributed by atoms with Gasteiger partial charge in [-0.05, 0) is 44.2 Å². The van der Waals surface area contributed by atoms with Gasteiger partial charge in [0.2, 0.25) is 5.91 Å². The summed E-state index contributed by atoms with van der Waals surface area (Å²) in [6.45, 7) is 3.69. The predicted octanol–water partition coefficient (Wildman–Crippen LogP) is 2.25. The fourth-order valence-corrected chi connectivity index (χ4v) is 5.08. The third kappa shape index (κ3) is 3.43. The van der Waals surface area contributed by atoms with E-state index in [1.54, 1.807) is 4.57 Å². The fraction of sp³-hybridized carbons (Fsp3) is 0.619. The number of hydrogen-bond acceptors (Lipinski definition) is 3. The molecule has 2 bridgehead atoms. The van der Waals surface area contributed by atoms with Crippen molar-refractivity contribution in [2.45, 2.75) is 70.1 Å². The van der Waals surface area contributed by atoms with Gasteiger partial charge in [0.05, 0.1) is 11.0 Å². The van der Waals surface area contributed by atoms with Crippen LogP contribution in [0.5, 0.6) is 0 Å². The van der Waals surface area contributed by atoms with Crippen LogP contribution in [0, 0.1) is 0 Å². The maximum absolute atomic E-state index is 12.6. The van der Waals surface area contributed by atoms with Gasteiger partial charge in [0, 0.05) is 44.7 Å². The standard InChI is InChI=1S/C21H30N4O2/c1-3-20(26)22-15-13-16-9-10-17(14-15)24(16)11-6-12-25-19-8-5-4-7-18(19)23(2)21(25)27/h4-5,7-8,15-17H,3,6,9-14H2,1-2H3,(H,22,26)/t16-,17-/m0/s1. The molecule has 0 radical (unpaired) electrons. The molecular formula is C21H30N4O2. The molecule has 6 nitrogen and oxygen atoms in total. The zero-order valence-corrected chi connectivity index (χ0v) is 16.4. The second-order valence-electron chi connectivity index (χ2n) is 8.05. The van der Waals surface area contributed by atoms with Gasteiger partial charge in [0.15, 0.2) is 0 Å². The Kier molecular flexibility index (Phi) is 5.08. The van der Waals surface area contributed by atoms with Crippen molar-refractivity contribution in [3.05, 3.63) is 34.7 Å².